The minimum absolute atomic E-state index is 0.0134. The third kappa shape index (κ3) is 61.6. The van der Waals surface area contributed by atoms with Crippen molar-refractivity contribution in [3.8, 4) is 0 Å². The molecule has 0 spiro atoms. The summed E-state index contributed by atoms with van der Waals surface area (Å²) in [4.78, 5) is 24.5. The number of nitrogens with one attached hydrogen (secondary N) is 1. The molecule has 0 aromatic heterocycles. The van der Waals surface area contributed by atoms with Crippen molar-refractivity contribution in [1.82, 2.24) is 5.32 Å². The molecule has 450 valence electrons. The fourth-order valence-electron chi connectivity index (χ4n) is 10.9. The van der Waals surface area contributed by atoms with Crippen LogP contribution in [0.5, 0.6) is 0 Å². The number of carbonyl (C=O) groups is 2. The molecule has 0 aliphatic rings. The molecule has 0 aromatic carbocycles. The Morgan fingerprint density at radius 1 is 0.355 bits per heavy atom. The van der Waals surface area contributed by atoms with Crippen LogP contribution in [0.1, 0.15) is 386 Å². The predicted octanol–water partition coefficient (Wildman–Crippen LogP) is 22.1. The first-order chi connectivity index (χ1) is 37.5. The molecule has 2 unspecified atom stereocenters. The molecule has 0 aliphatic heterocycles. The highest BCUT2D eigenvalue weighted by Gasteiger charge is 2.18. The van der Waals surface area contributed by atoms with Crippen molar-refractivity contribution in [3.05, 3.63) is 24.3 Å². The Morgan fingerprint density at radius 2 is 0.618 bits per heavy atom. The lowest BCUT2D eigenvalue weighted by molar-refractivity contribution is -0.143. The van der Waals surface area contributed by atoms with Gasteiger partial charge >= 0.3 is 5.97 Å². The quantitative estimate of drug-likeness (QED) is 0.0320. The molecule has 0 heterocycles. The van der Waals surface area contributed by atoms with Crippen LogP contribution in [0.25, 0.3) is 0 Å². The van der Waals surface area contributed by atoms with E-state index in [9.17, 15) is 19.8 Å². The van der Waals surface area contributed by atoms with Gasteiger partial charge in [-0.15, -0.1) is 0 Å². The fourth-order valence-corrected chi connectivity index (χ4v) is 10.9. The van der Waals surface area contributed by atoms with Crippen LogP contribution in [-0.4, -0.2) is 47.4 Å². The molecule has 0 bridgehead atoms. The van der Waals surface area contributed by atoms with Gasteiger partial charge in [-0.1, -0.05) is 340 Å². The second-order valence-electron chi connectivity index (χ2n) is 23.9. The third-order valence-corrected chi connectivity index (χ3v) is 16.2. The Hall–Kier alpha value is -1.66. The molecule has 0 radical (unpaired) electrons. The van der Waals surface area contributed by atoms with Crippen molar-refractivity contribution in [3.63, 3.8) is 0 Å². The van der Waals surface area contributed by atoms with Crippen molar-refractivity contribution < 1.29 is 24.5 Å². The molecule has 6 heteroatoms. The van der Waals surface area contributed by atoms with Crippen LogP contribution in [0.2, 0.25) is 0 Å². The third-order valence-electron chi connectivity index (χ3n) is 16.2. The summed E-state index contributed by atoms with van der Waals surface area (Å²) in [5.74, 6) is -0.0489. The summed E-state index contributed by atoms with van der Waals surface area (Å²) in [5, 5.41) is 23.1. The van der Waals surface area contributed by atoms with E-state index in [2.05, 4.69) is 31.3 Å². The van der Waals surface area contributed by atoms with E-state index in [-0.39, 0.29) is 18.5 Å². The highest BCUT2D eigenvalue weighted by atomic mass is 16.5. The minimum atomic E-state index is -0.838. The van der Waals surface area contributed by atoms with Gasteiger partial charge in [0.05, 0.1) is 25.4 Å². The maximum Gasteiger partial charge on any atom is 0.305 e. The molecule has 0 fully saturated rings. The summed E-state index contributed by atoms with van der Waals surface area (Å²) in [7, 11) is 0. The molecule has 3 N–H and O–H groups in total. The first-order valence-corrected chi connectivity index (χ1v) is 34.6. The Morgan fingerprint density at radius 3 is 0.947 bits per heavy atom. The summed E-state index contributed by atoms with van der Waals surface area (Å²) in [5.41, 5.74) is 0. The number of esters is 1. The number of unbranched alkanes of at least 4 members (excludes halogenated alkanes) is 52. The molecule has 6 nitrogen and oxygen atoms in total. The number of aliphatic hydroxyl groups excluding tert-OH is 2. The SMILES string of the molecule is CCCCCC/C=C\CCCCCCCC(=O)OCCCCCCCCCCCCCCCCCCCCCCCCCCCCCCCCCCCCCC(=O)NC(CO)C(O)/C=C/CCCCCCCCCCC. The summed E-state index contributed by atoms with van der Waals surface area (Å²) in [6, 6.07) is -0.622. The minimum Gasteiger partial charge on any atom is -0.466 e. The van der Waals surface area contributed by atoms with Gasteiger partial charge in [-0.05, 0) is 57.8 Å². The fraction of sp³-hybridized carbons (Fsp3) is 0.914. The maximum absolute atomic E-state index is 12.4. The van der Waals surface area contributed by atoms with Crippen LogP contribution in [0.3, 0.4) is 0 Å². The van der Waals surface area contributed by atoms with Gasteiger partial charge in [0.25, 0.3) is 0 Å². The van der Waals surface area contributed by atoms with Gasteiger partial charge in [0.1, 0.15) is 0 Å². The zero-order valence-electron chi connectivity index (χ0n) is 51.5. The molecule has 76 heavy (non-hydrogen) atoms. The molecular formula is C70H135NO5. The second-order valence-corrected chi connectivity index (χ2v) is 23.9. The molecule has 1 amide bonds. The molecule has 0 saturated carbocycles. The Labute approximate surface area is 475 Å². The lowest BCUT2D eigenvalue weighted by Crippen LogP contribution is -2.45. The molecule has 2 atom stereocenters. The predicted molar refractivity (Wildman–Crippen MR) is 333 cm³/mol. The summed E-state index contributed by atoms with van der Waals surface area (Å²) < 4.78 is 5.48. The smallest absolute Gasteiger partial charge is 0.305 e. The van der Waals surface area contributed by atoms with Gasteiger partial charge in [0.2, 0.25) is 5.91 Å². The highest BCUT2D eigenvalue weighted by Crippen LogP contribution is 2.19. The molecular weight excluding hydrogens is 935 g/mol. The maximum atomic E-state index is 12.4. The van der Waals surface area contributed by atoms with Crippen molar-refractivity contribution in [2.24, 2.45) is 0 Å². The Kier molecular flexibility index (Phi) is 64.4. The monoisotopic (exact) mass is 1070 g/mol. The van der Waals surface area contributed by atoms with Crippen LogP contribution in [0, 0.1) is 0 Å². The van der Waals surface area contributed by atoms with E-state index in [0.717, 1.165) is 44.9 Å². The number of hydrogen-bond donors (Lipinski definition) is 3. The van der Waals surface area contributed by atoms with E-state index in [4.69, 9.17) is 4.74 Å². The van der Waals surface area contributed by atoms with E-state index in [1.54, 1.807) is 6.08 Å². The standard InChI is InChI=1S/C70H135NO5/c1-3-5-7-9-11-13-15-39-44-48-52-56-60-64-70(75)76-65-61-57-53-49-45-41-38-36-34-32-30-28-26-24-22-20-18-16-17-19-21-23-25-27-29-31-33-35-37-40-43-47-51-55-59-63-69(74)71-67(66-72)68(73)62-58-54-50-46-42-14-12-10-8-6-4-2/h13,15,58,62,67-68,72-73H,3-12,14,16-57,59-61,63-66H2,1-2H3,(H,71,74)/b15-13-,62-58+. The van der Waals surface area contributed by atoms with Gasteiger partial charge in [-0.25, -0.2) is 0 Å². The Balaban J connectivity index is 3.29. The topological polar surface area (TPSA) is 95.9 Å². The number of aliphatic hydroxyl groups is 2. The number of allylic oxidation sites excluding steroid dienone is 3. The molecule has 0 saturated heterocycles. The van der Waals surface area contributed by atoms with E-state index in [0.29, 0.717) is 19.4 Å². The number of hydrogen-bond acceptors (Lipinski definition) is 5. The molecule has 0 aliphatic carbocycles. The summed E-state index contributed by atoms with van der Waals surface area (Å²) >= 11 is 0. The zero-order valence-corrected chi connectivity index (χ0v) is 51.5. The van der Waals surface area contributed by atoms with Gasteiger partial charge in [0, 0.05) is 12.8 Å². The second kappa shape index (κ2) is 65.9. The lowest BCUT2D eigenvalue weighted by atomic mass is 10.0. The van der Waals surface area contributed by atoms with Crippen molar-refractivity contribution >= 4 is 11.9 Å². The average molecular weight is 1070 g/mol. The van der Waals surface area contributed by atoms with Crippen LogP contribution in [0.15, 0.2) is 24.3 Å². The highest BCUT2D eigenvalue weighted by molar-refractivity contribution is 5.76. The molecule has 0 rings (SSSR count). The van der Waals surface area contributed by atoms with Crippen molar-refractivity contribution in [2.75, 3.05) is 13.2 Å². The normalized spacial score (nSPS) is 12.6. The van der Waals surface area contributed by atoms with Crippen LogP contribution >= 0.6 is 0 Å². The molecule has 0 aromatic rings. The van der Waals surface area contributed by atoms with Crippen molar-refractivity contribution in [1.29, 1.82) is 0 Å². The number of amides is 1. The largest absolute Gasteiger partial charge is 0.466 e. The van der Waals surface area contributed by atoms with Gasteiger partial charge < -0.3 is 20.3 Å². The van der Waals surface area contributed by atoms with Gasteiger partial charge in [-0.3, -0.25) is 9.59 Å². The summed E-state index contributed by atoms with van der Waals surface area (Å²) in [6.07, 6.45) is 82.8. The Bertz CT molecular complexity index is 1190. The van der Waals surface area contributed by atoms with E-state index >= 15 is 0 Å². The van der Waals surface area contributed by atoms with Crippen LogP contribution in [0.4, 0.5) is 0 Å². The van der Waals surface area contributed by atoms with Crippen molar-refractivity contribution in [2.45, 2.75) is 398 Å². The van der Waals surface area contributed by atoms with E-state index < -0.39 is 12.1 Å². The first kappa shape index (κ1) is 74.3. The van der Waals surface area contributed by atoms with Crippen LogP contribution < -0.4 is 5.32 Å². The first-order valence-electron chi connectivity index (χ1n) is 34.6. The number of ether oxygens (including phenoxy) is 1. The van der Waals surface area contributed by atoms with E-state index in [1.165, 1.54) is 315 Å². The average Bonchev–Trinajstić information content (AvgIpc) is 3.42. The lowest BCUT2D eigenvalue weighted by Gasteiger charge is -2.20. The van der Waals surface area contributed by atoms with Gasteiger partial charge in [-0.2, -0.15) is 0 Å². The summed E-state index contributed by atoms with van der Waals surface area (Å²) in [6.45, 7) is 4.90. The zero-order chi connectivity index (χ0) is 55.0. The number of rotatable bonds is 65. The van der Waals surface area contributed by atoms with E-state index in [1.807, 2.05) is 6.08 Å². The van der Waals surface area contributed by atoms with Gasteiger partial charge in [0.15, 0.2) is 0 Å². The number of carbonyl (C=O) groups excluding carboxylic acids is 2. The van der Waals surface area contributed by atoms with Crippen LogP contribution in [-0.2, 0) is 14.3 Å².